The molecule has 4 aromatic rings. The van der Waals surface area contributed by atoms with E-state index in [-0.39, 0.29) is 11.8 Å². The van der Waals surface area contributed by atoms with Gasteiger partial charge in [-0.1, -0.05) is 48.5 Å². The van der Waals surface area contributed by atoms with Gasteiger partial charge in [-0.25, -0.2) is 4.98 Å². The maximum atomic E-state index is 13.0. The summed E-state index contributed by atoms with van der Waals surface area (Å²) < 4.78 is 13.7. The molecule has 6 heteroatoms. The molecule has 0 bridgehead atoms. The summed E-state index contributed by atoms with van der Waals surface area (Å²) in [7, 11) is 1.66. The van der Waals surface area contributed by atoms with Crippen molar-refractivity contribution in [2.45, 2.75) is 38.3 Å². The first-order valence-electron chi connectivity index (χ1n) is 12.8. The highest BCUT2D eigenvalue weighted by molar-refractivity contribution is 5.81. The third-order valence-corrected chi connectivity index (χ3v) is 6.92. The molecular formula is C31H33N3O3. The summed E-state index contributed by atoms with van der Waals surface area (Å²) in [4.78, 5) is 19.9. The molecule has 1 saturated heterocycles. The predicted octanol–water partition coefficient (Wildman–Crippen LogP) is 5.76. The van der Waals surface area contributed by atoms with Gasteiger partial charge in [0.1, 0.15) is 17.3 Å². The maximum absolute atomic E-state index is 13.0. The van der Waals surface area contributed by atoms with Crippen LogP contribution in [0.5, 0.6) is 11.5 Å². The number of rotatable bonds is 11. The van der Waals surface area contributed by atoms with Crippen LogP contribution in [0.25, 0.3) is 11.0 Å². The fourth-order valence-corrected chi connectivity index (χ4v) is 5.06. The molecule has 1 atom stereocenters. The second-order valence-corrected chi connectivity index (χ2v) is 9.44. The van der Waals surface area contributed by atoms with Gasteiger partial charge in [-0.15, -0.1) is 6.58 Å². The zero-order valence-electron chi connectivity index (χ0n) is 21.3. The van der Waals surface area contributed by atoms with Crippen molar-refractivity contribution in [1.29, 1.82) is 0 Å². The van der Waals surface area contributed by atoms with Crippen LogP contribution in [0, 0.1) is 0 Å². The van der Waals surface area contributed by atoms with Gasteiger partial charge in [-0.05, 0) is 54.3 Å². The van der Waals surface area contributed by atoms with Crippen LogP contribution in [-0.2, 0) is 24.3 Å². The Morgan fingerprint density at radius 2 is 1.84 bits per heavy atom. The van der Waals surface area contributed by atoms with E-state index in [0.29, 0.717) is 26.1 Å². The number of aryl methyl sites for hydroxylation is 1. The third kappa shape index (κ3) is 5.53. The number of amides is 1. The van der Waals surface area contributed by atoms with Crippen molar-refractivity contribution in [3.63, 3.8) is 0 Å². The zero-order chi connectivity index (χ0) is 25.6. The molecule has 0 aliphatic carbocycles. The number of ether oxygens (including phenoxy) is 2. The Balaban J connectivity index is 1.29. The highest BCUT2D eigenvalue weighted by atomic mass is 16.5. The number of allylic oxidation sites excluding steroid dienone is 1. The molecular weight excluding hydrogens is 462 g/mol. The third-order valence-electron chi connectivity index (χ3n) is 6.92. The van der Waals surface area contributed by atoms with E-state index in [9.17, 15) is 4.79 Å². The minimum Gasteiger partial charge on any atom is -0.497 e. The number of benzene rings is 3. The minimum atomic E-state index is 0.0624. The van der Waals surface area contributed by atoms with E-state index in [2.05, 4.69) is 23.3 Å². The minimum absolute atomic E-state index is 0.0624. The normalized spacial score (nSPS) is 15.3. The Morgan fingerprint density at radius 1 is 1.05 bits per heavy atom. The number of carbonyl (C=O) groups excluding carboxylic acids is 1. The van der Waals surface area contributed by atoms with E-state index >= 15 is 0 Å². The van der Waals surface area contributed by atoms with E-state index in [0.717, 1.165) is 58.9 Å². The molecule has 1 aliphatic heterocycles. The molecule has 37 heavy (non-hydrogen) atoms. The molecule has 2 heterocycles. The van der Waals surface area contributed by atoms with Crippen LogP contribution in [0.3, 0.4) is 0 Å². The Labute approximate surface area is 218 Å². The lowest BCUT2D eigenvalue weighted by Crippen LogP contribution is -2.24. The molecule has 1 aromatic heterocycles. The number of hydrogen-bond acceptors (Lipinski definition) is 4. The molecule has 5 rings (SSSR count). The largest absolute Gasteiger partial charge is 0.497 e. The average Bonchev–Trinajstić information content (AvgIpc) is 3.48. The van der Waals surface area contributed by atoms with E-state index in [1.807, 2.05) is 71.6 Å². The van der Waals surface area contributed by atoms with Crippen molar-refractivity contribution >= 4 is 16.9 Å². The maximum Gasteiger partial charge on any atom is 0.223 e. The van der Waals surface area contributed by atoms with Gasteiger partial charge in [0.05, 0.1) is 24.8 Å². The SMILES string of the molecule is C=CCc1ccccc1OCCCn1c(C2CC(=O)N(Cc3ccc(OC)cc3)C2)nc2ccccc21. The summed E-state index contributed by atoms with van der Waals surface area (Å²) in [5.41, 5.74) is 4.31. The van der Waals surface area contributed by atoms with Crippen LogP contribution in [0.15, 0.2) is 85.5 Å². The lowest BCUT2D eigenvalue weighted by atomic mass is 10.1. The molecule has 0 spiro atoms. The summed E-state index contributed by atoms with van der Waals surface area (Å²) in [6, 6.07) is 24.2. The van der Waals surface area contributed by atoms with E-state index in [4.69, 9.17) is 14.5 Å². The van der Waals surface area contributed by atoms with Crippen LogP contribution in [0.4, 0.5) is 0 Å². The first kappa shape index (κ1) is 24.6. The summed E-state index contributed by atoms with van der Waals surface area (Å²) in [6.45, 7) is 6.49. The van der Waals surface area contributed by atoms with Crippen molar-refractivity contribution in [2.75, 3.05) is 20.3 Å². The number of aromatic nitrogens is 2. The second kappa shape index (κ2) is 11.3. The molecule has 6 nitrogen and oxygen atoms in total. The van der Waals surface area contributed by atoms with Gasteiger partial charge in [0.15, 0.2) is 0 Å². The number of methoxy groups -OCH3 is 1. The van der Waals surface area contributed by atoms with Crippen molar-refractivity contribution in [1.82, 2.24) is 14.5 Å². The van der Waals surface area contributed by atoms with Crippen molar-refractivity contribution in [3.8, 4) is 11.5 Å². The van der Waals surface area contributed by atoms with Crippen LogP contribution < -0.4 is 9.47 Å². The van der Waals surface area contributed by atoms with Gasteiger partial charge in [0.25, 0.3) is 0 Å². The topological polar surface area (TPSA) is 56.6 Å². The summed E-state index contributed by atoms with van der Waals surface area (Å²) in [5.74, 6) is 2.94. The van der Waals surface area contributed by atoms with Gasteiger partial charge in [0, 0.05) is 32.0 Å². The standard InChI is InChI=1S/C31H33N3O3/c1-3-9-24-10-4-7-13-29(24)37-19-8-18-34-28-12-6-5-11-27(28)32-31(34)25-20-30(35)33(22-25)21-23-14-16-26(36-2)17-15-23/h3-7,10-17,25H,1,8-9,18-22H2,2H3. The van der Waals surface area contributed by atoms with Crippen molar-refractivity contribution < 1.29 is 14.3 Å². The van der Waals surface area contributed by atoms with Crippen molar-refractivity contribution in [3.05, 3.63) is 102 Å². The van der Waals surface area contributed by atoms with Crippen molar-refractivity contribution in [2.24, 2.45) is 0 Å². The van der Waals surface area contributed by atoms with E-state index in [1.54, 1.807) is 7.11 Å². The molecule has 0 saturated carbocycles. The Morgan fingerprint density at radius 3 is 2.65 bits per heavy atom. The zero-order valence-corrected chi connectivity index (χ0v) is 21.3. The molecule has 1 aliphatic rings. The first-order valence-corrected chi connectivity index (χ1v) is 12.8. The molecule has 190 valence electrons. The Kier molecular flexibility index (Phi) is 7.54. The van der Waals surface area contributed by atoms with Crippen LogP contribution in [0.1, 0.15) is 35.7 Å². The highest BCUT2D eigenvalue weighted by Gasteiger charge is 2.34. The number of para-hydroxylation sites is 3. The quantitative estimate of drug-likeness (QED) is 0.196. The first-order chi connectivity index (χ1) is 18.2. The Hall–Kier alpha value is -4.06. The fourth-order valence-electron chi connectivity index (χ4n) is 5.06. The van der Waals surface area contributed by atoms with Gasteiger partial charge < -0.3 is 18.9 Å². The van der Waals surface area contributed by atoms with Crippen LogP contribution >= 0.6 is 0 Å². The van der Waals surface area contributed by atoms with E-state index < -0.39 is 0 Å². The monoisotopic (exact) mass is 495 g/mol. The van der Waals surface area contributed by atoms with Gasteiger partial charge in [0.2, 0.25) is 5.91 Å². The number of imidazole rings is 1. The molecule has 1 fully saturated rings. The van der Waals surface area contributed by atoms with Crippen LogP contribution in [-0.4, -0.2) is 40.6 Å². The smallest absolute Gasteiger partial charge is 0.223 e. The molecule has 1 amide bonds. The summed E-state index contributed by atoms with van der Waals surface area (Å²) in [5, 5.41) is 0. The fraction of sp³-hybridized carbons (Fsp3) is 0.290. The number of fused-ring (bicyclic) bond motifs is 1. The number of nitrogens with zero attached hydrogens (tertiary/aromatic N) is 3. The molecule has 1 unspecified atom stereocenters. The van der Waals surface area contributed by atoms with Gasteiger partial charge in [-0.3, -0.25) is 4.79 Å². The molecule has 0 radical (unpaired) electrons. The van der Waals surface area contributed by atoms with E-state index in [1.165, 1.54) is 0 Å². The average molecular weight is 496 g/mol. The number of likely N-dealkylation sites (tertiary alicyclic amines) is 1. The van der Waals surface area contributed by atoms with Crippen LogP contribution in [0.2, 0.25) is 0 Å². The van der Waals surface area contributed by atoms with Gasteiger partial charge >= 0.3 is 0 Å². The van der Waals surface area contributed by atoms with Gasteiger partial charge in [-0.2, -0.15) is 0 Å². The summed E-state index contributed by atoms with van der Waals surface area (Å²) in [6.07, 6.45) is 4.00. The number of hydrogen-bond donors (Lipinski definition) is 0. The predicted molar refractivity (Wildman–Crippen MR) is 146 cm³/mol. The Bertz CT molecular complexity index is 1380. The second-order valence-electron chi connectivity index (χ2n) is 9.44. The number of carbonyl (C=O) groups is 1. The lowest BCUT2D eigenvalue weighted by molar-refractivity contribution is -0.128. The lowest BCUT2D eigenvalue weighted by Gasteiger charge is -2.18. The summed E-state index contributed by atoms with van der Waals surface area (Å²) >= 11 is 0. The molecule has 3 aromatic carbocycles. The highest BCUT2D eigenvalue weighted by Crippen LogP contribution is 2.31. The molecule has 0 N–H and O–H groups in total.